The van der Waals surface area contributed by atoms with Gasteiger partial charge in [0.25, 0.3) is 0 Å². The van der Waals surface area contributed by atoms with Gasteiger partial charge in [-0.1, -0.05) is 30.3 Å². The molecule has 0 bridgehead atoms. The second-order valence-corrected chi connectivity index (χ2v) is 8.25. The average molecular weight is 377 g/mol. The van der Waals surface area contributed by atoms with Gasteiger partial charge in [-0.05, 0) is 57.4 Å². The standard InChI is InChI=1S/C24H27NO3/c1-16-6-5-7-20(14-16)25(23(26)18-9-10-18)15-19-11-8-17-12-13-24(2,3)28-22(17)21(19)27-4/h5-8,11-14,18H,9-10,15H2,1-4H3. The van der Waals surface area contributed by atoms with Crippen LogP contribution in [0.3, 0.4) is 0 Å². The summed E-state index contributed by atoms with van der Waals surface area (Å²) in [6.45, 7) is 6.55. The second kappa shape index (κ2) is 7.01. The zero-order chi connectivity index (χ0) is 19.9. The van der Waals surface area contributed by atoms with Crippen molar-refractivity contribution in [3.63, 3.8) is 0 Å². The molecule has 0 atom stereocenters. The van der Waals surface area contributed by atoms with E-state index in [1.807, 2.05) is 62.1 Å². The van der Waals surface area contributed by atoms with E-state index >= 15 is 0 Å². The number of fused-ring (bicyclic) bond motifs is 1. The van der Waals surface area contributed by atoms with Crippen LogP contribution in [0.4, 0.5) is 5.69 Å². The van der Waals surface area contributed by atoms with Crippen molar-refractivity contribution in [3.8, 4) is 11.5 Å². The molecule has 0 unspecified atom stereocenters. The molecular weight excluding hydrogens is 350 g/mol. The summed E-state index contributed by atoms with van der Waals surface area (Å²) in [6.07, 6.45) is 6.07. The zero-order valence-electron chi connectivity index (χ0n) is 17.0. The molecule has 146 valence electrons. The zero-order valence-corrected chi connectivity index (χ0v) is 17.0. The van der Waals surface area contributed by atoms with Gasteiger partial charge >= 0.3 is 0 Å². The molecule has 4 heteroatoms. The highest BCUT2D eigenvalue weighted by atomic mass is 16.5. The molecule has 1 fully saturated rings. The van der Waals surface area contributed by atoms with Gasteiger partial charge in [-0.2, -0.15) is 0 Å². The van der Waals surface area contributed by atoms with Crippen LogP contribution in [0.2, 0.25) is 0 Å². The van der Waals surface area contributed by atoms with Crippen LogP contribution < -0.4 is 14.4 Å². The lowest BCUT2D eigenvalue weighted by molar-refractivity contribution is -0.119. The van der Waals surface area contributed by atoms with Gasteiger partial charge in [0.05, 0.1) is 13.7 Å². The third-order valence-electron chi connectivity index (χ3n) is 5.29. The molecule has 4 rings (SSSR count). The summed E-state index contributed by atoms with van der Waals surface area (Å²) in [6, 6.07) is 12.2. The maximum Gasteiger partial charge on any atom is 0.230 e. The largest absolute Gasteiger partial charge is 0.492 e. The van der Waals surface area contributed by atoms with Crippen LogP contribution in [0.5, 0.6) is 11.5 Å². The Balaban J connectivity index is 1.73. The molecule has 1 aliphatic heterocycles. The Morgan fingerprint density at radius 3 is 2.71 bits per heavy atom. The Morgan fingerprint density at radius 2 is 2.04 bits per heavy atom. The van der Waals surface area contributed by atoms with Gasteiger partial charge in [-0.25, -0.2) is 0 Å². The normalized spacial score (nSPS) is 16.9. The van der Waals surface area contributed by atoms with E-state index in [2.05, 4.69) is 12.1 Å². The minimum atomic E-state index is -0.390. The molecule has 1 saturated carbocycles. The van der Waals surface area contributed by atoms with Crippen molar-refractivity contribution in [3.05, 3.63) is 59.2 Å². The molecule has 28 heavy (non-hydrogen) atoms. The number of hydrogen-bond acceptors (Lipinski definition) is 3. The highest BCUT2D eigenvalue weighted by Crippen LogP contribution is 2.42. The first kappa shape index (κ1) is 18.6. The summed E-state index contributed by atoms with van der Waals surface area (Å²) < 4.78 is 11.9. The quantitative estimate of drug-likeness (QED) is 0.725. The summed E-state index contributed by atoms with van der Waals surface area (Å²) in [7, 11) is 1.66. The minimum Gasteiger partial charge on any atom is -0.492 e. The lowest BCUT2D eigenvalue weighted by atomic mass is 9.99. The first-order valence-corrected chi connectivity index (χ1v) is 9.84. The number of rotatable bonds is 5. The molecular formula is C24H27NO3. The molecule has 1 amide bonds. The van der Waals surface area contributed by atoms with E-state index in [1.165, 1.54) is 0 Å². The number of amides is 1. The molecule has 4 nitrogen and oxygen atoms in total. The van der Waals surface area contributed by atoms with Gasteiger partial charge in [0.2, 0.25) is 5.91 Å². The lowest BCUT2D eigenvalue weighted by Gasteiger charge is -2.31. The van der Waals surface area contributed by atoms with Crippen LogP contribution in [0.1, 0.15) is 43.4 Å². The van der Waals surface area contributed by atoms with Crippen LogP contribution in [0.15, 0.2) is 42.5 Å². The number of carbonyl (C=O) groups excluding carboxylic acids is 1. The van der Waals surface area contributed by atoms with Crippen molar-refractivity contribution in [2.24, 2.45) is 5.92 Å². The van der Waals surface area contributed by atoms with Gasteiger partial charge in [-0.3, -0.25) is 4.79 Å². The number of carbonyl (C=O) groups is 1. The lowest BCUT2D eigenvalue weighted by Crippen LogP contribution is -2.32. The van der Waals surface area contributed by atoms with Gasteiger partial charge in [-0.15, -0.1) is 0 Å². The number of methoxy groups -OCH3 is 1. The predicted molar refractivity (Wildman–Crippen MR) is 112 cm³/mol. The predicted octanol–water partition coefficient (Wildman–Crippen LogP) is 5.13. The Morgan fingerprint density at radius 1 is 1.25 bits per heavy atom. The van der Waals surface area contributed by atoms with Crippen LogP contribution >= 0.6 is 0 Å². The highest BCUT2D eigenvalue weighted by molar-refractivity contribution is 5.96. The van der Waals surface area contributed by atoms with Gasteiger partial charge in [0.15, 0.2) is 11.5 Å². The first-order chi connectivity index (χ1) is 13.4. The molecule has 0 spiro atoms. The average Bonchev–Trinajstić information content (AvgIpc) is 3.49. The molecule has 2 aromatic rings. The molecule has 0 aromatic heterocycles. The van der Waals surface area contributed by atoms with E-state index in [9.17, 15) is 4.79 Å². The number of hydrogen-bond donors (Lipinski definition) is 0. The summed E-state index contributed by atoms with van der Waals surface area (Å²) in [5, 5.41) is 0. The molecule has 1 heterocycles. The number of aryl methyl sites for hydroxylation is 1. The van der Waals surface area contributed by atoms with Gasteiger partial charge in [0, 0.05) is 22.7 Å². The fraction of sp³-hybridized carbons (Fsp3) is 0.375. The monoisotopic (exact) mass is 377 g/mol. The molecule has 2 aromatic carbocycles. The third kappa shape index (κ3) is 3.64. The van der Waals surface area contributed by atoms with Crippen LogP contribution in [-0.4, -0.2) is 18.6 Å². The van der Waals surface area contributed by atoms with Crippen molar-refractivity contribution in [2.45, 2.75) is 45.8 Å². The Hall–Kier alpha value is -2.75. The number of benzene rings is 2. The van der Waals surface area contributed by atoms with Crippen molar-refractivity contribution in [1.82, 2.24) is 0 Å². The first-order valence-electron chi connectivity index (χ1n) is 9.84. The van der Waals surface area contributed by atoms with Gasteiger partial charge < -0.3 is 14.4 Å². The van der Waals surface area contributed by atoms with E-state index in [1.54, 1.807) is 7.11 Å². The maximum atomic E-state index is 13.1. The summed E-state index contributed by atoms with van der Waals surface area (Å²) >= 11 is 0. The molecule has 2 aliphatic rings. The summed E-state index contributed by atoms with van der Waals surface area (Å²) in [5.74, 6) is 1.78. The summed E-state index contributed by atoms with van der Waals surface area (Å²) in [4.78, 5) is 14.9. The molecule has 1 aliphatic carbocycles. The highest BCUT2D eigenvalue weighted by Gasteiger charge is 2.35. The van der Waals surface area contributed by atoms with Crippen LogP contribution in [0, 0.1) is 12.8 Å². The fourth-order valence-electron chi connectivity index (χ4n) is 3.60. The second-order valence-electron chi connectivity index (χ2n) is 8.25. The fourth-order valence-corrected chi connectivity index (χ4v) is 3.60. The van der Waals surface area contributed by atoms with Crippen LogP contribution in [-0.2, 0) is 11.3 Å². The number of anilines is 1. The molecule has 0 saturated heterocycles. The van der Waals surface area contributed by atoms with Crippen molar-refractivity contribution in [2.75, 3.05) is 12.0 Å². The Labute approximate surface area is 166 Å². The minimum absolute atomic E-state index is 0.141. The SMILES string of the molecule is COc1c(CN(C(=O)C2CC2)c2cccc(C)c2)ccc2c1OC(C)(C)C=C2. The number of ether oxygens (including phenoxy) is 2. The van der Waals surface area contributed by atoms with E-state index < -0.39 is 0 Å². The molecule has 0 radical (unpaired) electrons. The number of nitrogens with zero attached hydrogens (tertiary/aromatic N) is 1. The van der Waals surface area contributed by atoms with Crippen molar-refractivity contribution < 1.29 is 14.3 Å². The van der Waals surface area contributed by atoms with E-state index in [-0.39, 0.29) is 17.4 Å². The van der Waals surface area contributed by atoms with Crippen LogP contribution in [0.25, 0.3) is 6.08 Å². The smallest absolute Gasteiger partial charge is 0.230 e. The Kier molecular flexibility index (Phi) is 4.66. The van der Waals surface area contributed by atoms with E-state index in [0.29, 0.717) is 12.3 Å². The maximum absolute atomic E-state index is 13.1. The van der Waals surface area contributed by atoms with Crippen molar-refractivity contribution >= 4 is 17.7 Å². The molecule has 0 N–H and O–H groups in total. The summed E-state index contributed by atoms with van der Waals surface area (Å²) in [5.41, 5.74) is 3.62. The Bertz CT molecular complexity index is 941. The van der Waals surface area contributed by atoms with Crippen molar-refractivity contribution in [1.29, 1.82) is 0 Å². The third-order valence-corrected chi connectivity index (χ3v) is 5.29. The van der Waals surface area contributed by atoms with Gasteiger partial charge in [0.1, 0.15) is 5.60 Å². The van der Waals surface area contributed by atoms with E-state index in [0.717, 1.165) is 41.0 Å². The topological polar surface area (TPSA) is 38.8 Å². The van der Waals surface area contributed by atoms with E-state index in [4.69, 9.17) is 9.47 Å².